The normalized spacial score (nSPS) is 14.0. The van der Waals surface area contributed by atoms with Crippen LogP contribution in [0.5, 0.6) is 0 Å². The Bertz CT molecular complexity index is 168. The van der Waals surface area contributed by atoms with Gasteiger partial charge >= 0.3 is 0 Å². The molecule has 0 fully saturated rings. The standard InChI is InChI=1S/C12H21N/c1-3-5-6-7-8-9-10-11-12(13)4-2/h3,5-8,12H,1,4,9-11,13H2,2H3. The Balaban J connectivity index is 3.29. The highest BCUT2D eigenvalue weighted by atomic mass is 14.6. The van der Waals surface area contributed by atoms with Crippen molar-refractivity contribution in [1.82, 2.24) is 0 Å². The Kier molecular flexibility index (Phi) is 8.68. The van der Waals surface area contributed by atoms with Crippen LogP contribution in [0.2, 0.25) is 0 Å². The molecule has 0 aliphatic carbocycles. The Morgan fingerprint density at radius 2 is 2.08 bits per heavy atom. The van der Waals surface area contributed by atoms with Crippen molar-refractivity contribution in [3.05, 3.63) is 37.0 Å². The van der Waals surface area contributed by atoms with Gasteiger partial charge in [-0.1, -0.05) is 43.9 Å². The lowest BCUT2D eigenvalue weighted by atomic mass is 10.1. The van der Waals surface area contributed by atoms with E-state index in [0.29, 0.717) is 6.04 Å². The van der Waals surface area contributed by atoms with E-state index >= 15 is 0 Å². The molecular formula is C12H21N. The summed E-state index contributed by atoms with van der Waals surface area (Å²) in [7, 11) is 0. The molecule has 0 radical (unpaired) electrons. The first kappa shape index (κ1) is 12.2. The summed E-state index contributed by atoms with van der Waals surface area (Å²) in [4.78, 5) is 0. The van der Waals surface area contributed by atoms with Crippen molar-refractivity contribution in [2.24, 2.45) is 5.73 Å². The third-order valence-electron chi connectivity index (χ3n) is 1.96. The van der Waals surface area contributed by atoms with Gasteiger partial charge in [-0.05, 0) is 25.7 Å². The molecule has 0 heterocycles. The summed E-state index contributed by atoms with van der Waals surface area (Å²) in [6.45, 7) is 5.72. The fraction of sp³-hybridized carbons (Fsp3) is 0.500. The average molecular weight is 179 g/mol. The molecular weight excluding hydrogens is 158 g/mol. The first-order valence-electron chi connectivity index (χ1n) is 5.01. The molecule has 74 valence electrons. The van der Waals surface area contributed by atoms with Crippen molar-refractivity contribution in [3.8, 4) is 0 Å². The zero-order chi connectivity index (χ0) is 9.94. The largest absolute Gasteiger partial charge is 0.328 e. The third kappa shape index (κ3) is 9.09. The van der Waals surface area contributed by atoms with Crippen LogP contribution in [-0.4, -0.2) is 6.04 Å². The third-order valence-corrected chi connectivity index (χ3v) is 1.96. The lowest BCUT2D eigenvalue weighted by Gasteiger charge is -2.05. The summed E-state index contributed by atoms with van der Waals surface area (Å²) >= 11 is 0. The smallest absolute Gasteiger partial charge is 0.00363 e. The monoisotopic (exact) mass is 179 g/mol. The number of allylic oxidation sites excluding steroid dienone is 5. The van der Waals surface area contributed by atoms with Crippen molar-refractivity contribution >= 4 is 0 Å². The van der Waals surface area contributed by atoms with Crippen molar-refractivity contribution in [2.75, 3.05) is 0 Å². The highest BCUT2D eigenvalue weighted by Crippen LogP contribution is 2.02. The van der Waals surface area contributed by atoms with Crippen molar-refractivity contribution < 1.29 is 0 Å². The second-order valence-electron chi connectivity index (χ2n) is 3.15. The number of hydrogen-bond acceptors (Lipinski definition) is 1. The molecule has 0 aliphatic heterocycles. The first-order valence-corrected chi connectivity index (χ1v) is 5.01. The fourth-order valence-electron chi connectivity index (χ4n) is 1.02. The van der Waals surface area contributed by atoms with Gasteiger partial charge in [0, 0.05) is 6.04 Å². The van der Waals surface area contributed by atoms with Crippen LogP contribution >= 0.6 is 0 Å². The van der Waals surface area contributed by atoms with Gasteiger partial charge in [0.2, 0.25) is 0 Å². The Labute approximate surface area is 82.0 Å². The number of rotatable bonds is 7. The molecule has 0 saturated heterocycles. The molecule has 0 aromatic heterocycles. The van der Waals surface area contributed by atoms with E-state index in [2.05, 4.69) is 25.7 Å². The van der Waals surface area contributed by atoms with E-state index in [1.807, 2.05) is 12.2 Å². The van der Waals surface area contributed by atoms with Crippen LogP contribution in [0.1, 0.15) is 32.6 Å². The topological polar surface area (TPSA) is 26.0 Å². The molecule has 0 aromatic carbocycles. The summed E-state index contributed by atoms with van der Waals surface area (Å²) < 4.78 is 0. The van der Waals surface area contributed by atoms with Gasteiger partial charge in [0.25, 0.3) is 0 Å². The molecule has 0 rings (SSSR count). The molecule has 0 bridgehead atoms. The maximum Gasteiger partial charge on any atom is 0.00363 e. The molecule has 13 heavy (non-hydrogen) atoms. The number of unbranched alkanes of at least 4 members (excludes halogenated alkanes) is 1. The molecule has 0 spiro atoms. The van der Waals surface area contributed by atoms with E-state index in [1.54, 1.807) is 6.08 Å². The lowest BCUT2D eigenvalue weighted by molar-refractivity contribution is 0.572. The van der Waals surface area contributed by atoms with Crippen LogP contribution in [0.25, 0.3) is 0 Å². The van der Waals surface area contributed by atoms with Crippen LogP contribution in [0, 0.1) is 0 Å². The molecule has 1 heteroatoms. The van der Waals surface area contributed by atoms with Gasteiger partial charge in [0.1, 0.15) is 0 Å². The van der Waals surface area contributed by atoms with Gasteiger partial charge in [-0.25, -0.2) is 0 Å². The van der Waals surface area contributed by atoms with Gasteiger partial charge in [-0.2, -0.15) is 0 Å². The molecule has 1 unspecified atom stereocenters. The van der Waals surface area contributed by atoms with Crippen molar-refractivity contribution in [2.45, 2.75) is 38.6 Å². The highest BCUT2D eigenvalue weighted by molar-refractivity contribution is 5.08. The van der Waals surface area contributed by atoms with Gasteiger partial charge in [0.15, 0.2) is 0 Å². The zero-order valence-electron chi connectivity index (χ0n) is 8.58. The van der Waals surface area contributed by atoms with Gasteiger partial charge in [0.05, 0.1) is 0 Å². The Morgan fingerprint density at radius 3 is 2.69 bits per heavy atom. The van der Waals surface area contributed by atoms with E-state index in [4.69, 9.17) is 5.73 Å². The minimum Gasteiger partial charge on any atom is -0.328 e. The minimum absolute atomic E-state index is 0.386. The van der Waals surface area contributed by atoms with Crippen LogP contribution in [0.4, 0.5) is 0 Å². The molecule has 0 aromatic rings. The van der Waals surface area contributed by atoms with E-state index in [-0.39, 0.29) is 0 Å². The first-order chi connectivity index (χ1) is 6.31. The molecule has 1 nitrogen and oxygen atoms in total. The fourth-order valence-corrected chi connectivity index (χ4v) is 1.02. The highest BCUT2D eigenvalue weighted by Gasteiger charge is 1.95. The van der Waals surface area contributed by atoms with Crippen LogP contribution < -0.4 is 5.73 Å². The molecule has 0 aliphatic rings. The predicted octanol–water partition coefficient (Wildman–Crippen LogP) is 3.19. The SMILES string of the molecule is C=CC=CC=CCCCC(N)CC. The number of hydrogen-bond donors (Lipinski definition) is 1. The zero-order valence-corrected chi connectivity index (χ0v) is 8.58. The maximum atomic E-state index is 5.78. The molecule has 2 N–H and O–H groups in total. The van der Waals surface area contributed by atoms with Crippen molar-refractivity contribution in [1.29, 1.82) is 0 Å². The summed E-state index contributed by atoms with van der Waals surface area (Å²) in [6.07, 6.45) is 14.4. The van der Waals surface area contributed by atoms with Gasteiger partial charge in [-0.15, -0.1) is 0 Å². The second kappa shape index (κ2) is 9.27. The summed E-state index contributed by atoms with van der Waals surface area (Å²) in [5.41, 5.74) is 5.78. The van der Waals surface area contributed by atoms with Crippen molar-refractivity contribution in [3.63, 3.8) is 0 Å². The van der Waals surface area contributed by atoms with Gasteiger partial charge in [-0.3, -0.25) is 0 Å². The van der Waals surface area contributed by atoms with Gasteiger partial charge < -0.3 is 5.73 Å². The minimum atomic E-state index is 0.386. The summed E-state index contributed by atoms with van der Waals surface area (Å²) in [5.74, 6) is 0. The van der Waals surface area contributed by atoms with E-state index in [1.165, 1.54) is 6.42 Å². The Hall–Kier alpha value is -0.820. The predicted molar refractivity (Wildman–Crippen MR) is 60.6 cm³/mol. The van der Waals surface area contributed by atoms with Crippen LogP contribution in [0.15, 0.2) is 37.0 Å². The summed E-state index contributed by atoms with van der Waals surface area (Å²) in [5, 5.41) is 0. The van der Waals surface area contributed by atoms with Crippen LogP contribution in [0.3, 0.4) is 0 Å². The Morgan fingerprint density at radius 1 is 1.31 bits per heavy atom. The lowest BCUT2D eigenvalue weighted by Crippen LogP contribution is -2.17. The van der Waals surface area contributed by atoms with Crippen LogP contribution in [-0.2, 0) is 0 Å². The molecule has 1 atom stereocenters. The molecule has 0 saturated carbocycles. The van der Waals surface area contributed by atoms with E-state index in [0.717, 1.165) is 19.3 Å². The molecule has 0 amide bonds. The maximum absolute atomic E-state index is 5.78. The average Bonchev–Trinajstić information content (AvgIpc) is 2.16. The second-order valence-corrected chi connectivity index (χ2v) is 3.15. The quantitative estimate of drug-likeness (QED) is 0.471. The van der Waals surface area contributed by atoms with E-state index < -0.39 is 0 Å². The summed E-state index contributed by atoms with van der Waals surface area (Å²) in [6, 6.07) is 0.386. The van der Waals surface area contributed by atoms with E-state index in [9.17, 15) is 0 Å². The number of nitrogens with two attached hydrogens (primary N) is 1.